The first-order valence-electron chi connectivity index (χ1n) is 7.50. The Morgan fingerprint density at radius 2 is 1.78 bits per heavy atom. The summed E-state index contributed by atoms with van der Waals surface area (Å²) >= 11 is 0. The van der Waals surface area contributed by atoms with Crippen molar-refractivity contribution in [2.24, 2.45) is 0 Å². The number of anilines is 1. The molecular formula is C18H21BrN2O2. The number of aromatic nitrogens is 1. The van der Waals surface area contributed by atoms with Crippen molar-refractivity contribution in [2.45, 2.75) is 32.7 Å². The number of hydrogen-bond donors (Lipinski definition) is 1. The summed E-state index contributed by atoms with van der Waals surface area (Å²) in [6, 6.07) is 13.0. The molecule has 1 amide bonds. The van der Waals surface area contributed by atoms with Crippen molar-refractivity contribution in [1.29, 1.82) is 0 Å². The van der Waals surface area contributed by atoms with E-state index in [1.807, 2.05) is 30.6 Å². The van der Waals surface area contributed by atoms with Crippen LogP contribution in [0.2, 0.25) is 0 Å². The summed E-state index contributed by atoms with van der Waals surface area (Å²) in [5.74, 6) is -0.0188. The second-order valence-electron chi connectivity index (χ2n) is 5.26. The Labute approximate surface area is 147 Å². The number of halogens is 1. The second-order valence-corrected chi connectivity index (χ2v) is 5.26. The largest absolute Gasteiger partial charge is 1.00 e. The molecule has 1 heterocycles. The van der Waals surface area contributed by atoms with Crippen LogP contribution in [0.1, 0.15) is 36.5 Å². The lowest BCUT2D eigenvalue weighted by atomic mass is 10.1. The third kappa shape index (κ3) is 6.74. The number of aryl methyl sites for hydroxylation is 1. The molecule has 23 heavy (non-hydrogen) atoms. The van der Waals surface area contributed by atoms with Crippen LogP contribution >= 0.6 is 0 Å². The third-order valence-electron chi connectivity index (χ3n) is 3.40. The Bertz CT molecular complexity index is 644. The molecular weight excluding hydrogens is 356 g/mol. The monoisotopic (exact) mass is 376 g/mol. The van der Waals surface area contributed by atoms with Crippen molar-refractivity contribution in [3.8, 4) is 0 Å². The lowest BCUT2D eigenvalue weighted by Crippen LogP contribution is -3.00. The molecule has 0 fully saturated rings. The van der Waals surface area contributed by atoms with Crippen molar-refractivity contribution in [3.05, 3.63) is 60.4 Å². The van der Waals surface area contributed by atoms with Crippen LogP contribution in [0, 0.1) is 0 Å². The standard InChI is InChI=1S/C18H20N2O2.BrH/c1-15(21)16-8-7-9-17(14-16)19-18(22)10-3-6-13-20-11-4-2-5-12-20;/h2,4-5,7-9,11-12,14H,3,6,10,13H2,1H3;1H. The van der Waals surface area contributed by atoms with Gasteiger partial charge in [-0.2, -0.15) is 0 Å². The summed E-state index contributed by atoms with van der Waals surface area (Å²) in [6.07, 6.45) is 6.31. The molecule has 0 spiro atoms. The minimum absolute atomic E-state index is 0. The quantitative estimate of drug-likeness (QED) is 0.419. The second kappa shape index (κ2) is 9.90. The summed E-state index contributed by atoms with van der Waals surface area (Å²) in [4.78, 5) is 23.2. The number of ketones is 1. The summed E-state index contributed by atoms with van der Waals surface area (Å²) in [7, 11) is 0. The molecule has 1 aromatic heterocycles. The van der Waals surface area contributed by atoms with Gasteiger partial charge < -0.3 is 22.3 Å². The van der Waals surface area contributed by atoms with E-state index in [1.54, 1.807) is 24.3 Å². The molecule has 1 aromatic carbocycles. The Morgan fingerprint density at radius 3 is 2.48 bits per heavy atom. The first-order chi connectivity index (χ1) is 10.6. The fourth-order valence-corrected chi connectivity index (χ4v) is 2.20. The molecule has 2 aromatic rings. The van der Waals surface area contributed by atoms with Gasteiger partial charge in [-0.1, -0.05) is 18.2 Å². The number of unbranched alkanes of at least 4 members (excludes halogenated alkanes) is 1. The highest BCUT2D eigenvalue weighted by Crippen LogP contribution is 2.12. The van der Waals surface area contributed by atoms with Crippen LogP contribution in [0.15, 0.2) is 54.9 Å². The molecule has 5 heteroatoms. The average Bonchev–Trinajstić information content (AvgIpc) is 2.53. The highest BCUT2D eigenvalue weighted by molar-refractivity contribution is 5.97. The first kappa shape index (κ1) is 19.0. The van der Waals surface area contributed by atoms with E-state index in [1.165, 1.54) is 6.92 Å². The third-order valence-corrected chi connectivity index (χ3v) is 3.40. The molecule has 122 valence electrons. The first-order valence-corrected chi connectivity index (χ1v) is 7.50. The molecule has 0 aliphatic rings. The zero-order valence-corrected chi connectivity index (χ0v) is 14.8. The molecule has 0 saturated carbocycles. The maximum absolute atomic E-state index is 11.9. The molecule has 0 atom stereocenters. The lowest BCUT2D eigenvalue weighted by molar-refractivity contribution is -0.697. The topological polar surface area (TPSA) is 50.1 Å². The van der Waals surface area contributed by atoms with Crippen molar-refractivity contribution in [3.63, 3.8) is 0 Å². The van der Waals surface area contributed by atoms with Gasteiger partial charge in [0.1, 0.15) is 6.54 Å². The summed E-state index contributed by atoms with van der Waals surface area (Å²) in [6.45, 7) is 2.43. The fourth-order valence-electron chi connectivity index (χ4n) is 2.20. The Morgan fingerprint density at radius 1 is 1.04 bits per heavy atom. The van der Waals surface area contributed by atoms with E-state index in [-0.39, 0.29) is 28.7 Å². The number of carbonyl (C=O) groups is 2. The van der Waals surface area contributed by atoms with E-state index in [0.29, 0.717) is 17.7 Å². The maximum Gasteiger partial charge on any atom is 0.224 e. The number of amides is 1. The minimum Gasteiger partial charge on any atom is -1.00 e. The zero-order valence-electron chi connectivity index (χ0n) is 13.2. The summed E-state index contributed by atoms with van der Waals surface area (Å²) < 4.78 is 2.11. The number of carbonyl (C=O) groups excluding carboxylic acids is 2. The molecule has 0 unspecified atom stereocenters. The SMILES string of the molecule is CC(=O)c1cccc(NC(=O)CCCC[n+]2ccccc2)c1.[Br-]. The van der Waals surface area contributed by atoms with Gasteiger partial charge in [-0.15, -0.1) is 0 Å². The molecule has 0 aliphatic carbocycles. The van der Waals surface area contributed by atoms with Gasteiger partial charge in [0, 0.05) is 36.2 Å². The normalized spacial score (nSPS) is 9.78. The number of hydrogen-bond acceptors (Lipinski definition) is 2. The number of rotatable bonds is 7. The molecule has 2 rings (SSSR count). The molecule has 0 bridgehead atoms. The van der Waals surface area contributed by atoms with Gasteiger partial charge >= 0.3 is 0 Å². The number of Topliss-reactive ketones (excluding diaryl/α,β-unsaturated/α-hetero) is 1. The van der Waals surface area contributed by atoms with Crippen LogP contribution in [0.5, 0.6) is 0 Å². The van der Waals surface area contributed by atoms with Gasteiger partial charge in [-0.3, -0.25) is 9.59 Å². The van der Waals surface area contributed by atoms with Crippen molar-refractivity contribution >= 4 is 17.4 Å². The zero-order chi connectivity index (χ0) is 15.8. The number of nitrogens with one attached hydrogen (secondary N) is 1. The van der Waals surface area contributed by atoms with E-state index in [4.69, 9.17) is 0 Å². The Balaban J connectivity index is 0.00000264. The number of pyridine rings is 1. The minimum atomic E-state index is -0.0150. The van der Waals surface area contributed by atoms with Crippen LogP contribution in [0.25, 0.3) is 0 Å². The van der Waals surface area contributed by atoms with Crippen LogP contribution < -0.4 is 26.9 Å². The van der Waals surface area contributed by atoms with Crippen molar-refractivity contribution in [1.82, 2.24) is 0 Å². The van der Waals surface area contributed by atoms with Gasteiger partial charge in [0.05, 0.1) is 0 Å². The molecule has 1 N–H and O–H groups in total. The van der Waals surface area contributed by atoms with Crippen molar-refractivity contribution < 1.29 is 31.1 Å². The van der Waals surface area contributed by atoms with Gasteiger partial charge in [0.15, 0.2) is 18.2 Å². The van der Waals surface area contributed by atoms with Crippen LogP contribution in [-0.4, -0.2) is 11.7 Å². The van der Waals surface area contributed by atoms with Crippen LogP contribution in [0.3, 0.4) is 0 Å². The van der Waals surface area contributed by atoms with Crippen LogP contribution in [0.4, 0.5) is 5.69 Å². The summed E-state index contributed by atoms with van der Waals surface area (Å²) in [5, 5.41) is 2.84. The predicted molar refractivity (Wildman–Crippen MR) is 85.6 cm³/mol. The smallest absolute Gasteiger partial charge is 0.224 e. The van der Waals surface area contributed by atoms with Crippen molar-refractivity contribution in [2.75, 3.05) is 5.32 Å². The molecule has 4 nitrogen and oxygen atoms in total. The van der Waals surface area contributed by atoms with E-state index in [9.17, 15) is 9.59 Å². The maximum atomic E-state index is 11.9. The van der Waals surface area contributed by atoms with Crippen LogP contribution in [-0.2, 0) is 11.3 Å². The van der Waals surface area contributed by atoms with E-state index in [0.717, 1.165) is 19.4 Å². The predicted octanol–water partition coefficient (Wildman–Crippen LogP) is -0.0103. The molecule has 0 saturated heterocycles. The summed E-state index contributed by atoms with van der Waals surface area (Å²) in [5.41, 5.74) is 1.29. The molecule has 0 aliphatic heterocycles. The van der Waals surface area contributed by atoms with E-state index >= 15 is 0 Å². The highest BCUT2D eigenvalue weighted by atomic mass is 79.9. The number of benzene rings is 1. The van der Waals surface area contributed by atoms with E-state index < -0.39 is 0 Å². The number of nitrogens with zero attached hydrogens (tertiary/aromatic N) is 1. The lowest BCUT2D eigenvalue weighted by Gasteiger charge is -2.06. The average molecular weight is 377 g/mol. The van der Waals surface area contributed by atoms with E-state index in [2.05, 4.69) is 9.88 Å². The van der Waals surface area contributed by atoms with Gasteiger partial charge in [-0.25, -0.2) is 4.57 Å². The highest BCUT2D eigenvalue weighted by Gasteiger charge is 2.06. The van der Waals surface area contributed by atoms with Gasteiger partial charge in [0.2, 0.25) is 5.91 Å². The van der Waals surface area contributed by atoms with Gasteiger partial charge in [0.25, 0.3) is 0 Å². The Hall–Kier alpha value is -2.01. The van der Waals surface area contributed by atoms with Gasteiger partial charge in [-0.05, 0) is 25.5 Å². The Kier molecular flexibility index (Phi) is 8.19. The molecule has 0 radical (unpaired) electrons. The fraction of sp³-hybridized carbons (Fsp3) is 0.278.